The number of cyclic esters (lactones) is 1. The third-order valence-corrected chi connectivity index (χ3v) is 5.88. The number of aliphatic hydroxyl groups is 1. The number of hydrogen-bond acceptors (Lipinski definition) is 6. The molecular formula is C26H35NO6. The number of allylic oxidation sites excluding steroid dienone is 5. The molecule has 33 heavy (non-hydrogen) atoms. The maximum absolute atomic E-state index is 12.7. The predicted molar refractivity (Wildman–Crippen MR) is 125 cm³/mol. The Morgan fingerprint density at radius 3 is 2.55 bits per heavy atom. The molecule has 1 fully saturated rings. The molecule has 0 saturated carbocycles. The number of amides is 2. The average molecular weight is 458 g/mol. The van der Waals surface area contributed by atoms with Crippen molar-refractivity contribution >= 4 is 23.6 Å². The molecule has 2 heterocycles. The molecule has 0 aromatic heterocycles. The van der Waals surface area contributed by atoms with Gasteiger partial charge in [-0.15, -0.1) is 0 Å². The second kappa shape index (κ2) is 13.0. The molecule has 7 nitrogen and oxygen atoms in total. The molecule has 2 rings (SSSR count). The van der Waals surface area contributed by atoms with Crippen molar-refractivity contribution in [1.29, 1.82) is 0 Å². The standard InChI is InChI=1S/C26H35NO6/c1-17-10-8-6-4-5-7-9-11-25(32)33-26(17)19(3)12-18(2)22(29)16-21(28)13-20-14-23(30)27-24(31)15-20/h4,6,8-12,17-18,20-21,26,28H,5,7,13-16H2,1-3H3,(H,27,30,31)/b6-4+,10-8-,11-9+,19-12-. The lowest BCUT2D eigenvalue weighted by Crippen LogP contribution is -2.39. The van der Waals surface area contributed by atoms with E-state index >= 15 is 0 Å². The zero-order chi connectivity index (χ0) is 24.4. The van der Waals surface area contributed by atoms with Crippen LogP contribution in [-0.4, -0.2) is 40.9 Å². The highest BCUT2D eigenvalue weighted by molar-refractivity contribution is 5.97. The van der Waals surface area contributed by atoms with Gasteiger partial charge in [-0.05, 0) is 37.7 Å². The average Bonchev–Trinajstić information content (AvgIpc) is 2.71. The molecule has 0 radical (unpaired) electrons. The highest BCUT2D eigenvalue weighted by atomic mass is 16.5. The molecule has 2 aliphatic rings. The van der Waals surface area contributed by atoms with Gasteiger partial charge in [0, 0.05) is 37.2 Å². The van der Waals surface area contributed by atoms with Crippen molar-refractivity contribution in [2.45, 2.75) is 71.5 Å². The van der Waals surface area contributed by atoms with Crippen molar-refractivity contribution in [3.63, 3.8) is 0 Å². The maximum Gasteiger partial charge on any atom is 0.331 e. The summed E-state index contributed by atoms with van der Waals surface area (Å²) in [6.45, 7) is 5.53. The van der Waals surface area contributed by atoms with Crippen LogP contribution in [0.15, 0.2) is 48.1 Å². The zero-order valence-corrected chi connectivity index (χ0v) is 19.7. The Morgan fingerprint density at radius 2 is 1.85 bits per heavy atom. The first-order valence-electron chi connectivity index (χ1n) is 11.6. The summed E-state index contributed by atoms with van der Waals surface area (Å²) in [5, 5.41) is 12.6. The molecule has 0 bridgehead atoms. The highest BCUT2D eigenvalue weighted by Crippen LogP contribution is 2.24. The largest absolute Gasteiger partial charge is 0.454 e. The van der Waals surface area contributed by atoms with Gasteiger partial charge < -0.3 is 9.84 Å². The molecule has 0 aromatic rings. The van der Waals surface area contributed by atoms with Gasteiger partial charge in [0.2, 0.25) is 11.8 Å². The summed E-state index contributed by atoms with van der Waals surface area (Å²) in [7, 11) is 0. The number of carbonyl (C=O) groups excluding carboxylic acids is 4. The van der Waals surface area contributed by atoms with Crippen LogP contribution >= 0.6 is 0 Å². The van der Waals surface area contributed by atoms with Crippen molar-refractivity contribution in [3.05, 3.63) is 48.1 Å². The van der Waals surface area contributed by atoms with E-state index in [0.29, 0.717) is 0 Å². The van der Waals surface area contributed by atoms with Crippen molar-refractivity contribution in [3.8, 4) is 0 Å². The number of nitrogens with one attached hydrogen (secondary N) is 1. The monoisotopic (exact) mass is 457 g/mol. The molecule has 4 unspecified atom stereocenters. The number of esters is 1. The Bertz CT molecular complexity index is 837. The normalized spacial score (nSPS) is 27.9. The molecule has 0 aromatic carbocycles. The third-order valence-electron chi connectivity index (χ3n) is 5.88. The van der Waals surface area contributed by atoms with E-state index in [2.05, 4.69) is 5.32 Å². The minimum absolute atomic E-state index is 0.0648. The number of piperidine rings is 1. The van der Waals surface area contributed by atoms with Crippen LogP contribution in [0.1, 0.15) is 59.3 Å². The maximum atomic E-state index is 12.7. The summed E-state index contributed by atoms with van der Waals surface area (Å²) in [5.41, 5.74) is 0.764. The Labute approximate surface area is 195 Å². The fraction of sp³-hybridized carbons (Fsp3) is 0.538. The summed E-state index contributed by atoms with van der Waals surface area (Å²) in [4.78, 5) is 47.9. The minimum Gasteiger partial charge on any atom is -0.454 e. The van der Waals surface area contributed by atoms with Crippen LogP contribution in [0.2, 0.25) is 0 Å². The Balaban J connectivity index is 2.01. The van der Waals surface area contributed by atoms with Crippen LogP contribution in [0.5, 0.6) is 0 Å². The van der Waals surface area contributed by atoms with Gasteiger partial charge in [0.1, 0.15) is 11.9 Å². The number of hydrogen-bond donors (Lipinski definition) is 2. The summed E-state index contributed by atoms with van der Waals surface area (Å²) >= 11 is 0. The Hall–Kier alpha value is -2.80. The summed E-state index contributed by atoms with van der Waals surface area (Å²) in [6.07, 6.45) is 13.6. The SMILES string of the molecule is C/C(=C/C(C)C(=O)CC(O)CC1CC(=O)NC(=O)C1)C1OC(=O)/C=C/CC/C=C/C=C\C1C. The van der Waals surface area contributed by atoms with Crippen molar-refractivity contribution in [1.82, 2.24) is 5.32 Å². The van der Waals surface area contributed by atoms with Crippen LogP contribution in [0.3, 0.4) is 0 Å². The second-order valence-electron chi connectivity index (χ2n) is 9.01. The number of rotatable bonds is 7. The summed E-state index contributed by atoms with van der Waals surface area (Å²) in [5.74, 6) is -2.10. The van der Waals surface area contributed by atoms with E-state index in [1.165, 1.54) is 6.08 Å². The lowest BCUT2D eigenvalue weighted by molar-refractivity contribution is -0.142. The quantitative estimate of drug-likeness (QED) is 0.345. The van der Waals surface area contributed by atoms with E-state index in [1.807, 2.05) is 38.2 Å². The number of imide groups is 1. The molecule has 2 N–H and O–H groups in total. The van der Waals surface area contributed by atoms with E-state index < -0.39 is 24.1 Å². The van der Waals surface area contributed by atoms with Crippen molar-refractivity contribution in [2.75, 3.05) is 0 Å². The topological polar surface area (TPSA) is 110 Å². The van der Waals surface area contributed by atoms with Gasteiger partial charge in [0.25, 0.3) is 0 Å². The molecule has 0 spiro atoms. The van der Waals surface area contributed by atoms with Gasteiger partial charge in [-0.3, -0.25) is 19.7 Å². The van der Waals surface area contributed by atoms with Crippen molar-refractivity contribution < 1.29 is 29.0 Å². The van der Waals surface area contributed by atoms with E-state index in [1.54, 1.807) is 19.1 Å². The Kier molecular flexibility index (Phi) is 10.5. The lowest BCUT2D eigenvalue weighted by Gasteiger charge is -2.24. The van der Waals surface area contributed by atoms with Gasteiger partial charge in [0.15, 0.2) is 0 Å². The molecule has 1 saturated heterocycles. The summed E-state index contributed by atoms with van der Waals surface area (Å²) < 4.78 is 5.68. The molecule has 4 atom stereocenters. The number of ketones is 1. The van der Waals surface area contributed by atoms with Crippen LogP contribution < -0.4 is 5.32 Å². The van der Waals surface area contributed by atoms with E-state index in [0.717, 1.165) is 18.4 Å². The molecule has 2 aliphatic heterocycles. The minimum atomic E-state index is -0.921. The number of Topliss-reactive ketones (excluding diaryl/α,β-unsaturated/α-hetero) is 1. The highest BCUT2D eigenvalue weighted by Gasteiger charge is 2.28. The fourth-order valence-corrected chi connectivity index (χ4v) is 4.16. The van der Waals surface area contributed by atoms with E-state index in [-0.39, 0.29) is 55.1 Å². The van der Waals surface area contributed by atoms with Crippen LogP contribution in [0.4, 0.5) is 0 Å². The molecule has 7 heteroatoms. The van der Waals surface area contributed by atoms with Gasteiger partial charge in [-0.2, -0.15) is 0 Å². The van der Waals surface area contributed by atoms with Crippen LogP contribution in [0, 0.1) is 17.8 Å². The van der Waals surface area contributed by atoms with Gasteiger partial charge in [0.05, 0.1) is 6.10 Å². The van der Waals surface area contributed by atoms with Crippen LogP contribution in [0.25, 0.3) is 0 Å². The molecule has 180 valence electrons. The number of aliphatic hydroxyl groups excluding tert-OH is 1. The Morgan fingerprint density at radius 1 is 1.18 bits per heavy atom. The fourth-order valence-electron chi connectivity index (χ4n) is 4.16. The number of ether oxygens (including phenoxy) is 1. The molecule has 2 amide bonds. The summed E-state index contributed by atoms with van der Waals surface area (Å²) in [6, 6.07) is 0. The predicted octanol–water partition coefficient (Wildman–Crippen LogP) is 3.34. The molecule has 0 aliphatic carbocycles. The smallest absolute Gasteiger partial charge is 0.331 e. The first kappa shape index (κ1) is 26.5. The van der Waals surface area contributed by atoms with Gasteiger partial charge >= 0.3 is 5.97 Å². The van der Waals surface area contributed by atoms with E-state index in [4.69, 9.17) is 4.74 Å². The number of carbonyl (C=O) groups is 4. The lowest BCUT2D eigenvalue weighted by atomic mass is 9.88. The van der Waals surface area contributed by atoms with Crippen molar-refractivity contribution in [2.24, 2.45) is 17.8 Å². The van der Waals surface area contributed by atoms with Gasteiger partial charge in [-0.1, -0.05) is 50.3 Å². The first-order valence-corrected chi connectivity index (χ1v) is 11.6. The molecular weight excluding hydrogens is 422 g/mol. The van der Waals surface area contributed by atoms with E-state index in [9.17, 15) is 24.3 Å². The van der Waals surface area contributed by atoms with Crippen LogP contribution in [-0.2, 0) is 23.9 Å². The first-order chi connectivity index (χ1) is 15.7. The van der Waals surface area contributed by atoms with Gasteiger partial charge in [-0.25, -0.2) is 4.79 Å². The third kappa shape index (κ3) is 9.30. The zero-order valence-electron chi connectivity index (χ0n) is 19.7. The second-order valence-corrected chi connectivity index (χ2v) is 9.01.